The van der Waals surface area contributed by atoms with Gasteiger partial charge in [-0.15, -0.1) is 0 Å². The van der Waals surface area contributed by atoms with Gasteiger partial charge in [-0.3, -0.25) is 4.79 Å². The van der Waals surface area contributed by atoms with E-state index in [9.17, 15) is 4.79 Å². The third-order valence-electron chi connectivity index (χ3n) is 1.96. The number of carbonyl (C=O) groups excluding carboxylic acids is 1. The van der Waals surface area contributed by atoms with Crippen LogP contribution in [0.5, 0.6) is 0 Å². The Morgan fingerprint density at radius 3 is 3.00 bits per heavy atom. The van der Waals surface area contributed by atoms with Crippen molar-refractivity contribution in [2.45, 2.75) is 19.8 Å². The zero-order valence-corrected chi connectivity index (χ0v) is 12.7. The van der Waals surface area contributed by atoms with Crippen LogP contribution < -0.4 is 5.32 Å². The Hall–Kier alpha value is -0.460. The molecule has 0 saturated carbocycles. The quantitative estimate of drug-likeness (QED) is 0.621. The van der Waals surface area contributed by atoms with Crippen molar-refractivity contribution in [1.29, 1.82) is 0 Å². The number of hydrogen-bond acceptors (Lipinski definition) is 3. The van der Waals surface area contributed by atoms with Crippen LogP contribution in [0.15, 0.2) is 21.3 Å². The topological polar surface area (TPSA) is 51.2 Å². The van der Waals surface area contributed by atoms with Crippen LogP contribution in [0.25, 0.3) is 0 Å². The first-order valence-electron chi connectivity index (χ1n) is 5.32. The van der Waals surface area contributed by atoms with Crippen molar-refractivity contribution in [3.63, 3.8) is 0 Å². The minimum absolute atomic E-state index is 0.0684. The van der Waals surface area contributed by atoms with Gasteiger partial charge in [0.15, 0.2) is 0 Å². The molecule has 1 N–H and O–H groups in total. The zero-order chi connectivity index (χ0) is 12.7. The van der Waals surface area contributed by atoms with Gasteiger partial charge in [0.1, 0.15) is 11.2 Å². The molecule has 1 aromatic heterocycles. The number of nitrogens with one attached hydrogen (secondary N) is 1. The Labute approximate surface area is 117 Å². The summed E-state index contributed by atoms with van der Waals surface area (Å²) in [5.74, 6) is -0.179. The molecule has 17 heavy (non-hydrogen) atoms. The van der Waals surface area contributed by atoms with Crippen LogP contribution in [-0.4, -0.2) is 24.1 Å². The van der Waals surface area contributed by atoms with Crippen LogP contribution in [-0.2, 0) is 9.53 Å². The van der Waals surface area contributed by atoms with E-state index in [1.54, 1.807) is 12.3 Å². The molecule has 0 unspecified atom stereocenters. The van der Waals surface area contributed by atoms with Crippen molar-refractivity contribution in [1.82, 2.24) is 4.98 Å². The molecule has 0 atom stereocenters. The van der Waals surface area contributed by atoms with Gasteiger partial charge in [0.05, 0.1) is 5.69 Å². The number of ether oxygens (including phenoxy) is 1. The molecule has 0 aliphatic rings. The summed E-state index contributed by atoms with van der Waals surface area (Å²) in [4.78, 5) is 15.6. The van der Waals surface area contributed by atoms with Gasteiger partial charge in [0, 0.05) is 17.3 Å². The lowest BCUT2D eigenvalue weighted by Gasteiger charge is -2.07. The van der Waals surface area contributed by atoms with Gasteiger partial charge >= 0.3 is 0 Å². The van der Waals surface area contributed by atoms with E-state index >= 15 is 0 Å². The lowest BCUT2D eigenvalue weighted by molar-refractivity contribution is -0.120. The van der Waals surface area contributed by atoms with Gasteiger partial charge in [0.25, 0.3) is 0 Å². The van der Waals surface area contributed by atoms with E-state index in [2.05, 4.69) is 49.1 Å². The summed E-state index contributed by atoms with van der Waals surface area (Å²) in [5, 5.41) is 2.72. The summed E-state index contributed by atoms with van der Waals surface area (Å²) in [6.07, 6.45) is 3.68. The first-order valence-corrected chi connectivity index (χ1v) is 6.90. The summed E-state index contributed by atoms with van der Waals surface area (Å²) in [6.45, 7) is 2.76. The highest BCUT2D eigenvalue weighted by atomic mass is 79.9. The summed E-state index contributed by atoms with van der Waals surface area (Å²) in [5.41, 5.74) is 0.628. The van der Waals surface area contributed by atoms with Crippen LogP contribution in [0.2, 0.25) is 0 Å². The highest BCUT2D eigenvalue weighted by Crippen LogP contribution is 2.23. The molecular formula is C11H14Br2N2O2. The van der Waals surface area contributed by atoms with E-state index in [0.29, 0.717) is 16.9 Å². The van der Waals surface area contributed by atoms with Crippen LogP contribution in [0.4, 0.5) is 5.69 Å². The number of hydrogen-bond donors (Lipinski definition) is 1. The standard InChI is InChI=1S/C11H14Br2N2O2/c1-2-3-4-17-7-10(16)15-9-5-8(12)6-14-11(9)13/h5-6H,2-4,7H2,1H3,(H,15,16). The summed E-state index contributed by atoms with van der Waals surface area (Å²) >= 11 is 6.56. The fourth-order valence-corrected chi connectivity index (χ4v) is 1.76. The zero-order valence-electron chi connectivity index (χ0n) is 9.50. The fraction of sp³-hybridized carbons (Fsp3) is 0.455. The second kappa shape index (κ2) is 7.79. The van der Waals surface area contributed by atoms with E-state index in [1.165, 1.54) is 0 Å². The number of amides is 1. The highest BCUT2D eigenvalue weighted by molar-refractivity contribution is 9.11. The number of nitrogens with zero attached hydrogens (tertiary/aromatic N) is 1. The van der Waals surface area contributed by atoms with Crippen molar-refractivity contribution in [3.05, 3.63) is 21.3 Å². The number of unbranched alkanes of at least 4 members (excludes halogenated alkanes) is 1. The molecule has 1 heterocycles. The normalized spacial score (nSPS) is 10.3. The second-order valence-electron chi connectivity index (χ2n) is 3.45. The van der Waals surface area contributed by atoms with E-state index in [4.69, 9.17) is 4.74 Å². The Kier molecular flexibility index (Phi) is 6.69. The van der Waals surface area contributed by atoms with Gasteiger partial charge in [-0.1, -0.05) is 13.3 Å². The number of halogens is 2. The first-order chi connectivity index (χ1) is 8.13. The van der Waals surface area contributed by atoms with Crippen LogP contribution in [0.3, 0.4) is 0 Å². The Morgan fingerprint density at radius 1 is 1.53 bits per heavy atom. The molecule has 94 valence electrons. The molecule has 0 aliphatic carbocycles. The Bertz CT molecular complexity index is 386. The molecule has 0 saturated heterocycles. The highest BCUT2D eigenvalue weighted by Gasteiger charge is 2.07. The molecule has 0 spiro atoms. The average Bonchev–Trinajstić information content (AvgIpc) is 2.29. The molecule has 1 rings (SSSR count). The number of aromatic nitrogens is 1. The average molecular weight is 366 g/mol. The van der Waals surface area contributed by atoms with E-state index in [-0.39, 0.29) is 12.5 Å². The molecule has 6 heteroatoms. The summed E-state index contributed by atoms with van der Waals surface area (Å²) in [7, 11) is 0. The van der Waals surface area contributed by atoms with E-state index in [1.807, 2.05) is 0 Å². The van der Waals surface area contributed by atoms with Gasteiger partial charge in [-0.2, -0.15) is 0 Å². The lowest BCUT2D eigenvalue weighted by atomic mass is 10.4. The van der Waals surface area contributed by atoms with Crippen LogP contribution in [0, 0.1) is 0 Å². The molecule has 0 radical (unpaired) electrons. The monoisotopic (exact) mass is 364 g/mol. The van der Waals surface area contributed by atoms with Crippen molar-refractivity contribution in [2.75, 3.05) is 18.5 Å². The molecular weight excluding hydrogens is 352 g/mol. The van der Waals surface area contributed by atoms with Crippen LogP contribution >= 0.6 is 31.9 Å². The largest absolute Gasteiger partial charge is 0.372 e. The van der Waals surface area contributed by atoms with Gasteiger partial charge in [-0.25, -0.2) is 4.98 Å². The van der Waals surface area contributed by atoms with Crippen molar-refractivity contribution >= 4 is 43.5 Å². The molecule has 0 bridgehead atoms. The predicted molar refractivity (Wildman–Crippen MR) is 74.0 cm³/mol. The third-order valence-corrected chi connectivity index (χ3v) is 3.02. The molecule has 0 aliphatic heterocycles. The molecule has 0 aromatic carbocycles. The van der Waals surface area contributed by atoms with Gasteiger partial charge in [0.2, 0.25) is 5.91 Å². The Balaban J connectivity index is 2.42. The minimum atomic E-state index is -0.179. The van der Waals surface area contributed by atoms with E-state index in [0.717, 1.165) is 17.3 Å². The smallest absolute Gasteiger partial charge is 0.250 e. The maximum atomic E-state index is 11.5. The lowest BCUT2D eigenvalue weighted by Crippen LogP contribution is -2.19. The van der Waals surface area contributed by atoms with Crippen molar-refractivity contribution in [3.8, 4) is 0 Å². The molecule has 1 amide bonds. The van der Waals surface area contributed by atoms with Gasteiger partial charge < -0.3 is 10.1 Å². The number of rotatable bonds is 6. The van der Waals surface area contributed by atoms with Crippen molar-refractivity contribution in [2.24, 2.45) is 0 Å². The maximum Gasteiger partial charge on any atom is 0.250 e. The summed E-state index contributed by atoms with van der Waals surface area (Å²) < 4.78 is 6.63. The first kappa shape index (κ1) is 14.6. The SMILES string of the molecule is CCCCOCC(=O)Nc1cc(Br)cnc1Br. The number of carbonyl (C=O) groups is 1. The summed E-state index contributed by atoms with van der Waals surface area (Å²) in [6, 6.07) is 1.78. The minimum Gasteiger partial charge on any atom is -0.372 e. The van der Waals surface area contributed by atoms with Gasteiger partial charge in [-0.05, 0) is 44.3 Å². The van der Waals surface area contributed by atoms with E-state index < -0.39 is 0 Å². The van der Waals surface area contributed by atoms with Crippen LogP contribution in [0.1, 0.15) is 19.8 Å². The molecule has 0 fully saturated rings. The molecule has 4 nitrogen and oxygen atoms in total. The third kappa shape index (κ3) is 5.61. The Morgan fingerprint density at radius 2 is 2.29 bits per heavy atom. The predicted octanol–water partition coefficient (Wildman–Crippen LogP) is 3.36. The fourth-order valence-electron chi connectivity index (χ4n) is 1.11. The second-order valence-corrected chi connectivity index (χ2v) is 5.11. The molecule has 1 aromatic rings. The number of anilines is 1. The number of pyridine rings is 1. The van der Waals surface area contributed by atoms with Crippen molar-refractivity contribution < 1.29 is 9.53 Å². The maximum absolute atomic E-state index is 11.5.